The van der Waals surface area contributed by atoms with Crippen LogP contribution in [0, 0.1) is 0 Å². The molecule has 1 aromatic heterocycles. The Labute approximate surface area is 201 Å². The molecule has 3 aromatic rings. The number of piperidine rings is 1. The highest BCUT2D eigenvalue weighted by molar-refractivity contribution is 5.95. The summed E-state index contributed by atoms with van der Waals surface area (Å²) >= 11 is 0. The Bertz CT molecular complexity index is 1170. The zero-order chi connectivity index (χ0) is 25.0. The lowest BCUT2D eigenvalue weighted by Crippen LogP contribution is -2.44. The van der Waals surface area contributed by atoms with E-state index in [0.29, 0.717) is 0 Å². The summed E-state index contributed by atoms with van der Waals surface area (Å²) in [6, 6.07) is 12.7. The number of ether oxygens (including phenoxy) is 2. The third-order valence-corrected chi connectivity index (χ3v) is 6.02. The summed E-state index contributed by atoms with van der Waals surface area (Å²) in [5.41, 5.74) is 0.583. The maximum atomic E-state index is 13.1. The van der Waals surface area contributed by atoms with Crippen molar-refractivity contribution in [2.75, 3.05) is 27.3 Å². The number of rotatable bonds is 7. The van der Waals surface area contributed by atoms with Gasteiger partial charge in [-0.15, -0.1) is 0 Å². The van der Waals surface area contributed by atoms with Gasteiger partial charge in [-0.3, -0.25) is 9.69 Å². The molecule has 7 nitrogen and oxygen atoms in total. The van der Waals surface area contributed by atoms with Gasteiger partial charge in [-0.1, -0.05) is 18.2 Å². The fourth-order valence-corrected chi connectivity index (χ4v) is 4.14. The second-order valence-electron chi connectivity index (χ2n) is 8.41. The molecule has 0 aliphatic carbocycles. The normalized spacial score (nSPS) is 15.1. The molecule has 0 bridgehead atoms. The summed E-state index contributed by atoms with van der Waals surface area (Å²) in [6.45, 7) is 2.43. The molecular formula is C25H27F3N4O3. The lowest BCUT2D eigenvalue weighted by molar-refractivity contribution is -0.137. The molecule has 1 fully saturated rings. The largest absolute Gasteiger partial charge is 0.497 e. The van der Waals surface area contributed by atoms with Gasteiger partial charge in [-0.2, -0.15) is 18.3 Å². The van der Waals surface area contributed by atoms with Gasteiger partial charge in [0.05, 0.1) is 31.7 Å². The number of hydrogen-bond donors (Lipinski definition) is 1. The van der Waals surface area contributed by atoms with Crippen LogP contribution in [-0.4, -0.2) is 53.9 Å². The van der Waals surface area contributed by atoms with Crippen LogP contribution in [0.2, 0.25) is 0 Å². The van der Waals surface area contributed by atoms with E-state index in [1.165, 1.54) is 30.1 Å². The zero-order valence-corrected chi connectivity index (χ0v) is 19.5. The molecule has 1 amide bonds. The monoisotopic (exact) mass is 488 g/mol. The molecule has 4 rings (SSSR count). The number of nitrogens with one attached hydrogen (secondary N) is 1. The zero-order valence-electron chi connectivity index (χ0n) is 19.5. The fraction of sp³-hybridized carbons (Fsp3) is 0.360. The summed E-state index contributed by atoms with van der Waals surface area (Å²) in [7, 11) is 3.03. The number of hydrogen-bond acceptors (Lipinski definition) is 5. The maximum absolute atomic E-state index is 13.1. The summed E-state index contributed by atoms with van der Waals surface area (Å²) in [6.07, 6.45) is -1.53. The van der Waals surface area contributed by atoms with Crippen molar-refractivity contribution in [2.24, 2.45) is 0 Å². The van der Waals surface area contributed by atoms with E-state index >= 15 is 0 Å². The first-order valence-electron chi connectivity index (χ1n) is 11.2. The highest BCUT2D eigenvalue weighted by atomic mass is 19.4. The number of carbonyl (C=O) groups excluding carboxylic acids is 1. The average Bonchev–Trinajstić information content (AvgIpc) is 3.30. The number of aromatic nitrogens is 2. The van der Waals surface area contributed by atoms with Crippen LogP contribution >= 0.6 is 0 Å². The molecule has 1 N–H and O–H groups in total. The van der Waals surface area contributed by atoms with Gasteiger partial charge in [-0.05, 0) is 48.7 Å². The number of likely N-dealkylation sites (tertiary alicyclic amines) is 1. The van der Waals surface area contributed by atoms with Crippen molar-refractivity contribution in [2.45, 2.75) is 31.6 Å². The van der Waals surface area contributed by atoms with E-state index in [9.17, 15) is 18.0 Å². The third-order valence-electron chi connectivity index (χ3n) is 6.02. The minimum absolute atomic E-state index is 0.0312. The molecule has 1 aliphatic rings. The summed E-state index contributed by atoms with van der Waals surface area (Å²) in [5, 5.41) is 7.21. The minimum atomic E-state index is -4.48. The molecule has 0 radical (unpaired) electrons. The fourth-order valence-electron chi connectivity index (χ4n) is 4.14. The first-order chi connectivity index (χ1) is 16.8. The number of nitrogens with zero attached hydrogens (tertiary/aromatic N) is 3. The standard InChI is InChI=1S/C25H27F3N4O3/c1-34-21-8-3-5-17(13-21)15-31-11-9-19(10-12-31)29-24(33)23-22(35-2)16-32(30-23)20-7-4-6-18(14-20)25(26,27)28/h3-8,13-14,16,19H,9-12,15H2,1-2H3,(H,29,33). The molecule has 0 unspecified atom stereocenters. The Morgan fingerprint density at radius 3 is 2.51 bits per heavy atom. The first-order valence-corrected chi connectivity index (χ1v) is 11.2. The molecule has 0 saturated carbocycles. The molecule has 35 heavy (non-hydrogen) atoms. The number of benzene rings is 2. The minimum Gasteiger partial charge on any atom is -0.497 e. The van der Waals surface area contributed by atoms with Crippen molar-refractivity contribution in [3.8, 4) is 17.2 Å². The number of carbonyl (C=O) groups is 1. The van der Waals surface area contributed by atoms with Gasteiger partial charge >= 0.3 is 6.18 Å². The average molecular weight is 489 g/mol. The van der Waals surface area contributed by atoms with Gasteiger partial charge in [0, 0.05) is 25.7 Å². The van der Waals surface area contributed by atoms with E-state index in [4.69, 9.17) is 9.47 Å². The van der Waals surface area contributed by atoms with Crippen LogP contribution in [0.25, 0.3) is 5.69 Å². The van der Waals surface area contributed by atoms with Gasteiger partial charge in [0.1, 0.15) is 5.75 Å². The molecule has 0 spiro atoms. The molecule has 1 saturated heterocycles. The predicted molar refractivity (Wildman–Crippen MR) is 124 cm³/mol. The summed E-state index contributed by atoms with van der Waals surface area (Å²) < 4.78 is 51.0. The number of methoxy groups -OCH3 is 2. The lowest BCUT2D eigenvalue weighted by atomic mass is 10.0. The Morgan fingerprint density at radius 1 is 1.09 bits per heavy atom. The Kier molecular flexibility index (Phi) is 7.30. The Morgan fingerprint density at radius 2 is 1.83 bits per heavy atom. The van der Waals surface area contributed by atoms with E-state index in [0.717, 1.165) is 55.9 Å². The second-order valence-corrected chi connectivity index (χ2v) is 8.41. The highest BCUT2D eigenvalue weighted by Crippen LogP contribution is 2.31. The van der Waals surface area contributed by atoms with E-state index in [1.54, 1.807) is 7.11 Å². The van der Waals surface area contributed by atoms with Crippen molar-refractivity contribution in [1.29, 1.82) is 0 Å². The van der Waals surface area contributed by atoms with Crippen molar-refractivity contribution >= 4 is 5.91 Å². The van der Waals surface area contributed by atoms with E-state index in [2.05, 4.69) is 21.4 Å². The van der Waals surface area contributed by atoms with E-state index < -0.39 is 17.6 Å². The van der Waals surface area contributed by atoms with Gasteiger partial charge in [0.25, 0.3) is 5.91 Å². The van der Waals surface area contributed by atoms with Crippen LogP contribution in [0.5, 0.6) is 11.5 Å². The molecule has 186 valence electrons. The lowest BCUT2D eigenvalue weighted by Gasteiger charge is -2.32. The van der Waals surface area contributed by atoms with Crippen molar-refractivity contribution in [3.63, 3.8) is 0 Å². The second kappa shape index (κ2) is 10.4. The number of halogens is 3. The maximum Gasteiger partial charge on any atom is 0.416 e. The van der Waals surface area contributed by atoms with Crippen molar-refractivity contribution < 1.29 is 27.4 Å². The number of amides is 1. The number of alkyl halides is 3. The highest BCUT2D eigenvalue weighted by Gasteiger charge is 2.31. The Hall–Kier alpha value is -3.53. The van der Waals surface area contributed by atoms with Gasteiger partial charge in [-0.25, -0.2) is 4.68 Å². The molecule has 10 heteroatoms. The quantitative estimate of drug-likeness (QED) is 0.537. The molecule has 2 aromatic carbocycles. The molecule has 0 atom stereocenters. The smallest absolute Gasteiger partial charge is 0.416 e. The van der Waals surface area contributed by atoms with Gasteiger partial charge in [0.15, 0.2) is 11.4 Å². The van der Waals surface area contributed by atoms with Crippen LogP contribution < -0.4 is 14.8 Å². The van der Waals surface area contributed by atoms with Gasteiger partial charge < -0.3 is 14.8 Å². The molecular weight excluding hydrogens is 461 g/mol. The first kappa shape index (κ1) is 24.6. The van der Waals surface area contributed by atoms with Crippen LogP contribution in [0.4, 0.5) is 13.2 Å². The predicted octanol–water partition coefficient (Wildman–Crippen LogP) is 4.30. The van der Waals surface area contributed by atoms with Crippen molar-refractivity contribution in [1.82, 2.24) is 20.0 Å². The molecule has 1 aliphatic heterocycles. The molecule has 2 heterocycles. The van der Waals surface area contributed by atoms with Gasteiger partial charge in [0.2, 0.25) is 0 Å². The van der Waals surface area contributed by atoms with E-state index in [-0.39, 0.29) is 23.2 Å². The van der Waals surface area contributed by atoms with Crippen LogP contribution in [0.15, 0.2) is 54.7 Å². The van der Waals surface area contributed by atoms with Crippen LogP contribution in [0.1, 0.15) is 34.5 Å². The van der Waals surface area contributed by atoms with Crippen LogP contribution in [-0.2, 0) is 12.7 Å². The van der Waals surface area contributed by atoms with Crippen LogP contribution in [0.3, 0.4) is 0 Å². The Balaban J connectivity index is 1.38. The van der Waals surface area contributed by atoms with E-state index in [1.807, 2.05) is 18.2 Å². The summed E-state index contributed by atoms with van der Waals surface area (Å²) in [5.74, 6) is 0.595. The SMILES string of the molecule is COc1cccc(CN2CCC(NC(=O)c3nn(-c4cccc(C(F)(F)F)c4)cc3OC)CC2)c1. The van der Waals surface area contributed by atoms with Crippen molar-refractivity contribution in [3.05, 3.63) is 71.5 Å². The third kappa shape index (κ3) is 5.94. The topological polar surface area (TPSA) is 68.6 Å². The summed E-state index contributed by atoms with van der Waals surface area (Å²) in [4.78, 5) is 15.3.